The lowest BCUT2D eigenvalue weighted by molar-refractivity contribution is 0.299. The highest BCUT2D eigenvalue weighted by atomic mass is 15.0. The molecule has 1 rings (SSSR count). The molecule has 2 atom stereocenters. The smallest absolute Gasteiger partial charge is 0.0246 e. The van der Waals surface area contributed by atoms with Crippen LogP contribution >= 0.6 is 0 Å². The molecule has 0 amide bonds. The molecule has 2 N–H and O–H groups in total. The van der Waals surface area contributed by atoms with Gasteiger partial charge in [0.15, 0.2) is 0 Å². The molecule has 1 heteroatoms. The first kappa shape index (κ1) is 9.05. The molecule has 0 aromatic rings. The van der Waals surface area contributed by atoms with E-state index in [1.807, 2.05) is 0 Å². The van der Waals surface area contributed by atoms with Gasteiger partial charge >= 0.3 is 0 Å². The minimum absolute atomic E-state index is 0.0220. The third kappa shape index (κ3) is 0.658. The molecule has 1 fully saturated rings. The highest BCUT2D eigenvalue weighted by Gasteiger charge is 2.75. The second kappa shape index (κ2) is 1.82. The molecule has 11 heavy (non-hydrogen) atoms. The third-order valence-electron chi connectivity index (χ3n) is 4.77. The van der Waals surface area contributed by atoms with E-state index in [1.165, 1.54) is 0 Å². The standard InChI is InChI=1S/C10H21N/c1-7(2)9(5)8(3,4)10(9,6)11/h7H,11H2,1-6H3. The molecule has 0 aromatic carbocycles. The molecule has 0 radical (unpaired) electrons. The van der Waals surface area contributed by atoms with Gasteiger partial charge < -0.3 is 5.73 Å². The van der Waals surface area contributed by atoms with Crippen LogP contribution in [0.25, 0.3) is 0 Å². The first-order valence-corrected chi connectivity index (χ1v) is 4.48. The lowest BCUT2D eigenvalue weighted by Crippen LogP contribution is -2.29. The summed E-state index contributed by atoms with van der Waals surface area (Å²) in [6.45, 7) is 13.5. The molecule has 1 aliphatic carbocycles. The molecule has 0 bridgehead atoms. The summed E-state index contributed by atoms with van der Waals surface area (Å²) in [6.07, 6.45) is 0. The van der Waals surface area contributed by atoms with Crippen LogP contribution in [0.15, 0.2) is 0 Å². The zero-order chi connectivity index (χ0) is 9.08. The van der Waals surface area contributed by atoms with Crippen LogP contribution in [0.1, 0.15) is 41.5 Å². The van der Waals surface area contributed by atoms with Crippen LogP contribution in [0.3, 0.4) is 0 Å². The van der Waals surface area contributed by atoms with Gasteiger partial charge in [0.1, 0.15) is 0 Å². The van der Waals surface area contributed by atoms with E-state index in [0.717, 1.165) is 0 Å². The summed E-state index contributed by atoms with van der Waals surface area (Å²) < 4.78 is 0. The minimum Gasteiger partial charge on any atom is -0.324 e. The van der Waals surface area contributed by atoms with Crippen LogP contribution in [0, 0.1) is 16.7 Å². The van der Waals surface area contributed by atoms with Crippen LogP contribution in [0.5, 0.6) is 0 Å². The Bertz CT molecular complexity index is 163. The van der Waals surface area contributed by atoms with Gasteiger partial charge in [-0.2, -0.15) is 0 Å². The molecule has 0 aliphatic heterocycles. The van der Waals surface area contributed by atoms with Gasteiger partial charge in [0, 0.05) is 5.54 Å². The van der Waals surface area contributed by atoms with Gasteiger partial charge in [-0.1, -0.05) is 34.6 Å². The van der Waals surface area contributed by atoms with Gasteiger partial charge in [-0.15, -0.1) is 0 Å². The summed E-state index contributed by atoms with van der Waals surface area (Å²) in [5.41, 5.74) is 6.86. The number of hydrogen-bond donors (Lipinski definition) is 1. The van der Waals surface area contributed by atoms with Crippen molar-refractivity contribution in [2.45, 2.75) is 47.1 Å². The average Bonchev–Trinajstić information content (AvgIpc) is 2.11. The summed E-state index contributed by atoms with van der Waals surface area (Å²) >= 11 is 0. The number of rotatable bonds is 1. The monoisotopic (exact) mass is 155 g/mol. The van der Waals surface area contributed by atoms with Crippen molar-refractivity contribution < 1.29 is 0 Å². The zero-order valence-electron chi connectivity index (χ0n) is 8.65. The van der Waals surface area contributed by atoms with Crippen LogP contribution in [0.4, 0.5) is 0 Å². The summed E-state index contributed by atoms with van der Waals surface area (Å²) in [5, 5.41) is 0. The van der Waals surface area contributed by atoms with Crippen molar-refractivity contribution in [2.75, 3.05) is 0 Å². The fraction of sp³-hybridized carbons (Fsp3) is 1.00. The second-order valence-corrected chi connectivity index (χ2v) is 5.18. The summed E-state index contributed by atoms with van der Waals surface area (Å²) in [4.78, 5) is 0. The Kier molecular flexibility index (Phi) is 1.50. The van der Waals surface area contributed by atoms with E-state index < -0.39 is 0 Å². The molecule has 0 saturated heterocycles. The summed E-state index contributed by atoms with van der Waals surface area (Å²) in [5.74, 6) is 0.674. The topological polar surface area (TPSA) is 26.0 Å². The Morgan fingerprint density at radius 1 is 1.00 bits per heavy atom. The first-order chi connectivity index (χ1) is 4.69. The van der Waals surface area contributed by atoms with Crippen molar-refractivity contribution in [3.05, 3.63) is 0 Å². The normalized spacial score (nSPS) is 48.0. The minimum atomic E-state index is 0.0220. The highest BCUT2D eigenvalue weighted by Crippen LogP contribution is 2.73. The van der Waals surface area contributed by atoms with Crippen LogP contribution in [-0.2, 0) is 0 Å². The molecule has 1 saturated carbocycles. The van der Waals surface area contributed by atoms with E-state index in [0.29, 0.717) is 16.7 Å². The number of nitrogens with two attached hydrogens (primary N) is 1. The molecule has 0 spiro atoms. The molecular formula is C10H21N. The quantitative estimate of drug-likeness (QED) is 0.618. The van der Waals surface area contributed by atoms with Gasteiger partial charge in [0.2, 0.25) is 0 Å². The molecular weight excluding hydrogens is 134 g/mol. The van der Waals surface area contributed by atoms with Crippen molar-refractivity contribution in [1.29, 1.82) is 0 Å². The molecule has 66 valence electrons. The maximum absolute atomic E-state index is 6.22. The van der Waals surface area contributed by atoms with Crippen LogP contribution in [0.2, 0.25) is 0 Å². The predicted octanol–water partition coefficient (Wildman–Crippen LogP) is 2.41. The fourth-order valence-electron chi connectivity index (χ4n) is 2.74. The average molecular weight is 155 g/mol. The van der Waals surface area contributed by atoms with Gasteiger partial charge in [0.25, 0.3) is 0 Å². The fourth-order valence-corrected chi connectivity index (χ4v) is 2.74. The molecule has 2 unspecified atom stereocenters. The van der Waals surface area contributed by atoms with Crippen molar-refractivity contribution in [1.82, 2.24) is 0 Å². The number of hydrogen-bond acceptors (Lipinski definition) is 1. The maximum atomic E-state index is 6.22. The van der Waals surface area contributed by atoms with Crippen molar-refractivity contribution in [3.63, 3.8) is 0 Å². The molecule has 0 heterocycles. The van der Waals surface area contributed by atoms with E-state index in [4.69, 9.17) is 5.73 Å². The summed E-state index contributed by atoms with van der Waals surface area (Å²) in [7, 11) is 0. The van der Waals surface area contributed by atoms with Gasteiger partial charge in [-0.05, 0) is 23.7 Å². The highest BCUT2D eigenvalue weighted by molar-refractivity contribution is 5.29. The largest absolute Gasteiger partial charge is 0.324 e. The predicted molar refractivity (Wildman–Crippen MR) is 49.3 cm³/mol. The van der Waals surface area contributed by atoms with E-state index >= 15 is 0 Å². The van der Waals surface area contributed by atoms with E-state index in [-0.39, 0.29) is 5.54 Å². The van der Waals surface area contributed by atoms with Crippen molar-refractivity contribution in [3.8, 4) is 0 Å². The van der Waals surface area contributed by atoms with E-state index in [9.17, 15) is 0 Å². The molecule has 1 nitrogen and oxygen atoms in total. The summed E-state index contributed by atoms with van der Waals surface area (Å²) in [6, 6.07) is 0. The first-order valence-electron chi connectivity index (χ1n) is 4.48. The maximum Gasteiger partial charge on any atom is 0.0246 e. The van der Waals surface area contributed by atoms with Gasteiger partial charge in [0.05, 0.1) is 0 Å². The Hall–Kier alpha value is -0.0400. The molecule has 1 aliphatic rings. The van der Waals surface area contributed by atoms with Crippen LogP contribution in [-0.4, -0.2) is 5.54 Å². The van der Waals surface area contributed by atoms with Crippen molar-refractivity contribution >= 4 is 0 Å². The third-order valence-corrected chi connectivity index (χ3v) is 4.77. The lowest BCUT2D eigenvalue weighted by Gasteiger charge is -2.19. The Balaban J connectivity index is 2.96. The lowest BCUT2D eigenvalue weighted by atomic mass is 9.86. The SMILES string of the molecule is CC(C)C1(C)C(C)(C)C1(C)N. The second-order valence-electron chi connectivity index (χ2n) is 5.18. The van der Waals surface area contributed by atoms with Crippen molar-refractivity contribution in [2.24, 2.45) is 22.5 Å². The van der Waals surface area contributed by atoms with Crippen LogP contribution < -0.4 is 5.73 Å². The van der Waals surface area contributed by atoms with E-state index in [2.05, 4.69) is 41.5 Å². The zero-order valence-corrected chi connectivity index (χ0v) is 8.65. The Morgan fingerprint density at radius 3 is 1.27 bits per heavy atom. The van der Waals surface area contributed by atoms with Gasteiger partial charge in [-0.3, -0.25) is 0 Å². The Labute approximate surface area is 70.4 Å². The molecule has 0 aromatic heterocycles. The Morgan fingerprint density at radius 2 is 1.27 bits per heavy atom. The van der Waals surface area contributed by atoms with E-state index in [1.54, 1.807) is 0 Å². The van der Waals surface area contributed by atoms with Gasteiger partial charge in [-0.25, -0.2) is 0 Å².